The number of aliphatic carboxylic acids is 1. The molecule has 0 spiro atoms. The second kappa shape index (κ2) is 13.9. The predicted octanol–water partition coefficient (Wildman–Crippen LogP) is 2.92. The highest BCUT2D eigenvalue weighted by Crippen LogP contribution is 2.36. The lowest BCUT2D eigenvalue weighted by Crippen LogP contribution is -2.21. The van der Waals surface area contributed by atoms with Crippen LogP contribution in [0.4, 0.5) is 0 Å². The first kappa shape index (κ1) is 24.8. The number of aliphatic hydroxyl groups is 3. The highest BCUT2D eigenvalue weighted by atomic mass is 16.5. The zero-order valence-electron chi connectivity index (χ0n) is 17.2. The summed E-state index contributed by atoms with van der Waals surface area (Å²) in [6, 6.07) is 0. The van der Waals surface area contributed by atoms with Gasteiger partial charge in [0, 0.05) is 32.5 Å². The van der Waals surface area contributed by atoms with E-state index in [1.54, 1.807) is 13.2 Å². The number of rotatable bonds is 14. The molecule has 162 valence electrons. The van der Waals surface area contributed by atoms with Gasteiger partial charge in [0.15, 0.2) is 0 Å². The second-order valence-corrected chi connectivity index (χ2v) is 7.95. The first-order valence-electron chi connectivity index (χ1n) is 10.4. The smallest absolute Gasteiger partial charge is 0.303 e. The largest absolute Gasteiger partial charge is 0.481 e. The topological polar surface area (TPSA) is 107 Å². The van der Waals surface area contributed by atoms with E-state index in [1.807, 2.05) is 25.2 Å². The van der Waals surface area contributed by atoms with E-state index >= 15 is 0 Å². The van der Waals surface area contributed by atoms with Gasteiger partial charge in [-0.3, -0.25) is 4.79 Å². The molecule has 1 aliphatic rings. The third kappa shape index (κ3) is 9.32. The minimum Gasteiger partial charge on any atom is -0.481 e. The van der Waals surface area contributed by atoms with Gasteiger partial charge in [0.25, 0.3) is 0 Å². The van der Waals surface area contributed by atoms with Crippen molar-refractivity contribution in [3.63, 3.8) is 0 Å². The Hall–Kier alpha value is -1.21. The minimum absolute atomic E-state index is 0.0915. The van der Waals surface area contributed by atoms with Crippen molar-refractivity contribution in [1.29, 1.82) is 0 Å². The molecule has 1 rings (SSSR count). The average molecular weight is 399 g/mol. The summed E-state index contributed by atoms with van der Waals surface area (Å²) in [5.74, 6) is -0.941. The fourth-order valence-corrected chi connectivity index (χ4v) is 3.76. The molecule has 0 aromatic heterocycles. The molecule has 1 aliphatic carbocycles. The van der Waals surface area contributed by atoms with Crippen molar-refractivity contribution in [1.82, 2.24) is 0 Å². The average Bonchev–Trinajstić information content (AvgIpc) is 2.91. The van der Waals surface area contributed by atoms with Gasteiger partial charge in [-0.25, -0.2) is 0 Å². The first-order valence-corrected chi connectivity index (χ1v) is 10.4. The zero-order valence-corrected chi connectivity index (χ0v) is 17.2. The second-order valence-electron chi connectivity index (χ2n) is 7.95. The molecule has 0 radical (unpaired) electrons. The van der Waals surface area contributed by atoms with E-state index in [2.05, 4.69) is 0 Å². The fourth-order valence-electron chi connectivity index (χ4n) is 3.76. The summed E-state index contributed by atoms with van der Waals surface area (Å²) < 4.78 is 5.04. The molecule has 0 saturated heterocycles. The van der Waals surface area contributed by atoms with Crippen LogP contribution in [-0.4, -0.2) is 58.4 Å². The van der Waals surface area contributed by atoms with E-state index in [9.17, 15) is 20.1 Å². The molecule has 6 heteroatoms. The van der Waals surface area contributed by atoms with E-state index in [1.165, 1.54) is 0 Å². The van der Waals surface area contributed by atoms with Crippen LogP contribution in [0, 0.1) is 17.8 Å². The Kier molecular flexibility index (Phi) is 12.3. The van der Waals surface area contributed by atoms with Gasteiger partial charge in [0.1, 0.15) is 0 Å². The molecule has 0 bridgehead atoms. The molecule has 1 fully saturated rings. The number of hydrogen-bond acceptors (Lipinski definition) is 5. The van der Waals surface area contributed by atoms with Crippen molar-refractivity contribution >= 4 is 5.97 Å². The molecule has 1 saturated carbocycles. The number of carboxylic acid groups (broad SMARTS) is 1. The Morgan fingerprint density at radius 1 is 1.18 bits per heavy atom. The van der Waals surface area contributed by atoms with Gasteiger partial charge in [-0.15, -0.1) is 0 Å². The highest BCUT2D eigenvalue weighted by molar-refractivity contribution is 5.66. The van der Waals surface area contributed by atoms with E-state index in [-0.39, 0.29) is 24.2 Å². The van der Waals surface area contributed by atoms with Crippen LogP contribution in [0.3, 0.4) is 0 Å². The summed E-state index contributed by atoms with van der Waals surface area (Å²) in [6.07, 6.45) is 11.1. The molecule has 4 N–H and O–H groups in total. The number of carboxylic acids is 1. The number of methoxy groups -OCH3 is 1. The van der Waals surface area contributed by atoms with Crippen molar-refractivity contribution in [2.24, 2.45) is 17.8 Å². The van der Waals surface area contributed by atoms with Crippen LogP contribution in [0.25, 0.3) is 0 Å². The van der Waals surface area contributed by atoms with Crippen molar-refractivity contribution in [3.05, 3.63) is 24.3 Å². The molecule has 0 aromatic rings. The maximum Gasteiger partial charge on any atom is 0.303 e. The third-order valence-electron chi connectivity index (χ3n) is 5.62. The van der Waals surface area contributed by atoms with Gasteiger partial charge in [-0.05, 0) is 43.9 Å². The minimum atomic E-state index is -0.792. The molecule has 28 heavy (non-hydrogen) atoms. The Labute approximate surface area is 168 Å². The van der Waals surface area contributed by atoms with E-state index in [0.717, 1.165) is 25.9 Å². The summed E-state index contributed by atoms with van der Waals surface area (Å²) in [6.45, 7) is 2.75. The molecule has 0 heterocycles. The van der Waals surface area contributed by atoms with Crippen LogP contribution in [-0.2, 0) is 9.53 Å². The van der Waals surface area contributed by atoms with Crippen LogP contribution in [0.15, 0.2) is 24.3 Å². The number of aliphatic hydroxyl groups excluding tert-OH is 3. The van der Waals surface area contributed by atoms with Crippen molar-refractivity contribution < 1.29 is 30.0 Å². The lowest BCUT2D eigenvalue weighted by atomic mass is 9.88. The number of allylic oxidation sites excluding steroid dienone is 2. The molecule has 0 aromatic carbocycles. The van der Waals surface area contributed by atoms with E-state index < -0.39 is 24.3 Å². The number of carbonyl (C=O) groups is 1. The molecule has 6 atom stereocenters. The molecule has 6 nitrogen and oxygen atoms in total. The van der Waals surface area contributed by atoms with Crippen molar-refractivity contribution in [2.45, 2.75) is 76.6 Å². The monoisotopic (exact) mass is 398 g/mol. The van der Waals surface area contributed by atoms with Crippen molar-refractivity contribution in [3.8, 4) is 0 Å². The normalized spacial score (nSPS) is 27.6. The van der Waals surface area contributed by atoms with Gasteiger partial charge >= 0.3 is 5.97 Å². The lowest BCUT2D eigenvalue weighted by molar-refractivity contribution is -0.137. The maximum atomic E-state index is 10.5. The SMILES string of the molecule is COCCCCC(C)[C@H](O)/C=C/[C@@H]1[C@@H](C/C=C\CCCC(=O)O)[C@@H](O)C[C@H]1O. The number of ether oxygens (including phenoxy) is 1. The van der Waals surface area contributed by atoms with Crippen LogP contribution >= 0.6 is 0 Å². The standard InChI is InChI=1S/C22H38O6/c1-16(9-7-8-14-28-2)19(23)13-12-18-17(20(24)15-21(18)25)10-5-3-4-6-11-22(26)27/h3,5,12-13,16-21,23-25H,4,6-11,14-15H2,1-2H3,(H,26,27)/b5-3-,13-12+/t16?,17-,18-,19-,20+,21-/m1/s1. The number of hydrogen-bond donors (Lipinski definition) is 4. The van der Waals surface area contributed by atoms with E-state index in [0.29, 0.717) is 25.7 Å². The molecular weight excluding hydrogens is 360 g/mol. The van der Waals surface area contributed by atoms with Crippen LogP contribution in [0.1, 0.15) is 58.3 Å². The van der Waals surface area contributed by atoms with Crippen LogP contribution in [0.2, 0.25) is 0 Å². The number of unbranched alkanes of at least 4 members (excludes halogenated alkanes) is 2. The van der Waals surface area contributed by atoms with Gasteiger partial charge in [0.2, 0.25) is 0 Å². The summed E-state index contributed by atoms with van der Waals surface area (Å²) in [5, 5.41) is 39.6. The predicted molar refractivity (Wildman–Crippen MR) is 109 cm³/mol. The van der Waals surface area contributed by atoms with Gasteiger partial charge < -0.3 is 25.2 Å². The molecule has 0 amide bonds. The third-order valence-corrected chi connectivity index (χ3v) is 5.62. The molecule has 0 aliphatic heterocycles. The van der Waals surface area contributed by atoms with Crippen LogP contribution in [0.5, 0.6) is 0 Å². The maximum absolute atomic E-state index is 10.5. The zero-order chi connectivity index (χ0) is 20.9. The Bertz CT molecular complexity index is 489. The van der Waals surface area contributed by atoms with Gasteiger partial charge in [-0.2, -0.15) is 0 Å². The molecular formula is C22H38O6. The Morgan fingerprint density at radius 3 is 2.61 bits per heavy atom. The summed E-state index contributed by atoms with van der Waals surface area (Å²) in [4.78, 5) is 10.5. The Balaban J connectivity index is 2.49. The fraction of sp³-hybridized carbons (Fsp3) is 0.773. The Morgan fingerprint density at radius 2 is 1.93 bits per heavy atom. The van der Waals surface area contributed by atoms with Crippen molar-refractivity contribution in [2.75, 3.05) is 13.7 Å². The first-order chi connectivity index (χ1) is 13.4. The summed E-state index contributed by atoms with van der Waals surface area (Å²) >= 11 is 0. The highest BCUT2D eigenvalue weighted by Gasteiger charge is 2.39. The molecule has 1 unspecified atom stereocenters. The quantitative estimate of drug-likeness (QED) is 0.265. The van der Waals surface area contributed by atoms with Crippen LogP contribution < -0.4 is 0 Å². The van der Waals surface area contributed by atoms with E-state index in [4.69, 9.17) is 9.84 Å². The lowest BCUT2D eigenvalue weighted by Gasteiger charge is -2.21. The van der Waals surface area contributed by atoms with Gasteiger partial charge in [0.05, 0.1) is 18.3 Å². The summed E-state index contributed by atoms with van der Waals surface area (Å²) in [5.41, 5.74) is 0. The summed E-state index contributed by atoms with van der Waals surface area (Å²) in [7, 11) is 1.68. The van der Waals surface area contributed by atoms with Gasteiger partial charge in [-0.1, -0.05) is 37.6 Å².